The highest BCUT2D eigenvalue weighted by atomic mass is 32.2. The fourth-order valence-electron chi connectivity index (χ4n) is 16.9. The highest BCUT2D eigenvalue weighted by Gasteiger charge is 2.66. The number of halogens is 8. The standard InChI is InChI=1S/2C42H53F4N3O9S/c2*1-24-9-7-8-10-26-20-42(26,38(53)48-59(54,55)41(23-43)12-13-41)21-33(50)32-18-28(57-36-31-16-27(44)17-34(56-6)29(31)11-14-47-36)22-49(32)37(52)30(25(2)15-24)19-35(51)58-39(3,4)40(5,45)46/h2*8,10-11,14,16-17,24-26,28,30,32H,7,9,12-13,15,18-23H2,1-6H3,(H,48,53)/b2*10-8-/t2*24-,25+,26+,28+,30-,32-,42+/m00/s1. The number of hydrogen-bond donors (Lipinski definition) is 2. The van der Waals surface area contributed by atoms with Crippen LogP contribution in [0, 0.1) is 69.8 Å². The van der Waals surface area contributed by atoms with Crippen molar-refractivity contribution in [1.29, 1.82) is 0 Å². The number of ketones is 2. The van der Waals surface area contributed by atoms with Crippen molar-refractivity contribution in [3.63, 3.8) is 0 Å². The molecule has 14 atom stereocenters. The first-order chi connectivity index (χ1) is 55.1. The lowest BCUT2D eigenvalue weighted by Gasteiger charge is -2.34. The molecule has 0 unspecified atom stereocenters. The van der Waals surface area contributed by atoms with Crippen molar-refractivity contribution in [3.05, 3.63) is 84.7 Å². The smallest absolute Gasteiger partial charge is 0.307 e. The molecule has 4 saturated carbocycles. The lowest BCUT2D eigenvalue weighted by molar-refractivity contribution is -0.197. The third-order valence-electron chi connectivity index (χ3n) is 25.8. The van der Waals surface area contributed by atoms with Gasteiger partial charge in [0, 0.05) is 74.8 Å². The number of esters is 2. The number of hydrogen-bond acceptors (Lipinski definition) is 20. The Bertz CT molecular complexity index is 4540. The number of aromatic nitrogens is 2. The average Bonchev–Trinajstić information content (AvgIpc) is 1.56. The molecule has 8 aliphatic rings. The Hall–Kier alpha value is -8.56. The average molecular weight is 1700 g/mol. The lowest BCUT2D eigenvalue weighted by atomic mass is 9.82. The van der Waals surface area contributed by atoms with Gasteiger partial charge in [-0.05, 0) is 165 Å². The van der Waals surface area contributed by atoms with E-state index in [4.69, 9.17) is 28.4 Å². The molecule has 34 heteroatoms. The molecule has 118 heavy (non-hydrogen) atoms. The van der Waals surface area contributed by atoms with Crippen LogP contribution in [0.25, 0.3) is 21.5 Å². The van der Waals surface area contributed by atoms with Gasteiger partial charge in [0.05, 0.1) is 85.7 Å². The number of amides is 4. The largest absolute Gasteiger partial charge is 0.496 e. The summed E-state index contributed by atoms with van der Waals surface area (Å²) >= 11 is 0. The van der Waals surface area contributed by atoms with Crippen LogP contribution in [0.2, 0.25) is 0 Å². The fourth-order valence-corrected chi connectivity index (χ4v) is 19.8. The monoisotopic (exact) mass is 1700 g/mol. The SMILES string of the molecule is COc1cc(F)cc2c(O[C@@H]3C[C@H]4C(=O)C[C@]5(C(=O)NS(=O)(=O)C6(CF)CC6)C[C@H]5/C=C\CC[C@H](C)C[C@@H](C)[C@H](CC(=O)OC(C)(C)C(C)(F)F)C(=O)N4C3)nccc12.COc1cc(F)cc2c(O[C@@H]3C[C@H]4C(=O)C[C@]5(C(=O)NS(=O)(=O)C6(CF)CC6)C[C@H]5/C=C\CC[C@H](C)C[C@@H](C)[C@H](CC(=O)OC(C)(C)C(C)(F)F)C(=O)N4C3)nccc12. The van der Waals surface area contributed by atoms with E-state index in [0.717, 1.165) is 27.7 Å². The summed E-state index contributed by atoms with van der Waals surface area (Å²) < 4.78 is 202. The predicted molar refractivity (Wildman–Crippen MR) is 416 cm³/mol. The van der Waals surface area contributed by atoms with E-state index in [1.54, 1.807) is 38.1 Å². The van der Waals surface area contributed by atoms with Crippen molar-refractivity contribution in [3.8, 4) is 23.3 Å². The van der Waals surface area contributed by atoms with Crippen LogP contribution in [-0.2, 0) is 67.9 Å². The predicted octanol–water partition coefficient (Wildman–Crippen LogP) is 13.3. The molecule has 4 aliphatic heterocycles. The van der Waals surface area contributed by atoms with E-state index in [0.29, 0.717) is 63.1 Å². The van der Waals surface area contributed by atoms with Gasteiger partial charge in [-0.15, -0.1) is 0 Å². The van der Waals surface area contributed by atoms with Gasteiger partial charge < -0.3 is 38.2 Å². The quantitative estimate of drug-likeness (QED) is 0.0419. The number of rotatable bonds is 22. The Labute approximate surface area is 681 Å². The summed E-state index contributed by atoms with van der Waals surface area (Å²) in [5, 5.41) is 1.49. The molecule has 0 radical (unpaired) electrons. The summed E-state index contributed by atoms with van der Waals surface area (Å²) in [7, 11) is -6.08. The van der Waals surface area contributed by atoms with Gasteiger partial charge in [0.2, 0.25) is 55.4 Å². The molecule has 0 bridgehead atoms. The van der Waals surface area contributed by atoms with Crippen molar-refractivity contribution < 1.29 is 119 Å². The Morgan fingerprint density at radius 1 is 0.542 bits per heavy atom. The number of alkyl halides is 6. The minimum absolute atomic E-state index is 0.00620. The number of sulfonamides is 2. The fraction of sp³-hybridized carbons (Fsp3) is 0.643. The number of carbonyl (C=O) groups excluding carboxylic acids is 8. The van der Waals surface area contributed by atoms with Gasteiger partial charge in [0.1, 0.15) is 58.2 Å². The van der Waals surface area contributed by atoms with E-state index < -0.39 is 221 Å². The molecule has 4 amide bonds. The summed E-state index contributed by atoms with van der Waals surface area (Å²) in [5.41, 5.74) is -7.40. The maximum Gasteiger partial charge on any atom is 0.307 e. The Morgan fingerprint density at radius 3 is 1.22 bits per heavy atom. The number of carbonyl (C=O) groups is 8. The molecular formula is C84H106F8N6O18S2. The van der Waals surface area contributed by atoms with Crippen molar-refractivity contribution in [2.45, 2.75) is 242 Å². The summed E-state index contributed by atoms with van der Waals surface area (Å²) in [4.78, 5) is 125. The van der Waals surface area contributed by atoms with Gasteiger partial charge in [-0.2, -0.15) is 0 Å². The Kier molecular flexibility index (Phi) is 26.1. The first kappa shape index (κ1) is 90.2. The van der Waals surface area contributed by atoms with Crippen LogP contribution in [0.5, 0.6) is 23.3 Å². The maximum absolute atomic E-state index is 14.9. The topological polar surface area (TPSA) is 317 Å². The molecule has 2 aromatic carbocycles. The van der Waals surface area contributed by atoms with Gasteiger partial charge in [-0.25, -0.2) is 61.9 Å². The number of ether oxygens (including phenoxy) is 6. The third kappa shape index (κ3) is 19.0. The molecule has 0 spiro atoms. The van der Waals surface area contributed by atoms with Crippen molar-refractivity contribution in [1.82, 2.24) is 29.2 Å². The summed E-state index contributed by atoms with van der Waals surface area (Å²) in [5.74, 6) is -18.2. The van der Waals surface area contributed by atoms with Crippen LogP contribution in [0.4, 0.5) is 35.1 Å². The minimum atomic E-state index is -4.42. The molecule has 2 saturated heterocycles. The number of allylic oxidation sites excluding steroid dienone is 4. The second-order valence-electron chi connectivity index (χ2n) is 35.3. The van der Waals surface area contributed by atoms with E-state index in [9.17, 15) is 90.3 Å². The number of pyridine rings is 2. The maximum atomic E-state index is 14.9. The molecule has 6 fully saturated rings. The first-order valence-corrected chi connectivity index (χ1v) is 43.1. The van der Waals surface area contributed by atoms with Gasteiger partial charge in [-0.1, -0.05) is 52.0 Å². The van der Waals surface area contributed by atoms with Gasteiger partial charge in [-0.3, -0.25) is 47.8 Å². The van der Waals surface area contributed by atoms with Crippen LogP contribution >= 0.6 is 0 Å². The molecule has 12 rings (SSSR count). The molecule has 24 nitrogen and oxygen atoms in total. The van der Waals surface area contributed by atoms with Crippen molar-refractivity contribution >= 4 is 88.7 Å². The molecular weight excluding hydrogens is 1600 g/mol. The minimum Gasteiger partial charge on any atom is -0.496 e. The van der Waals surface area contributed by atoms with Gasteiger partial charge in [0.25, 0.3) is 11.8 Å². The zero-order chi connectivity index (χ0) is 86.6. The van der Waals surface area contributed by atoms with Crippen molar-refractivity contribution in [2.24, 2.45) is 58.2 Å². The molecule has 4 aliphatic carbocycles. The highest BCUT2D eigenvalue weighted by Crippen LogP contribution is 2.60. The summed E-state index contributed by atoms with van der Waals surface area (Å²) in [6, 6.07) is 5.55. The number of benzene rings is 2. The van der Waals surface area contributed by atoms with E-state index in [-0.39, 0.29) is 110 Å². The molecule has 2 N–H and O–H groups in total. The lowest BCUT2D eigenvalue weighted by Crippen LogP contribution is -2.49. The first-order valence-electron chi connectivity index (χ1n) is 40.2. The van der Waals surface area contributed by atoms with Crippen LogP contribution in [0.15, 0.2) is 73.1 Å². The molecule has 6 heterocycles. The Morgan fingerprint density at radius 2 is 0.898 bits per heavy atom. The van der Waals surface area contributed by atoms with Crippen LogP contribution in [-0.4, -0.2) is 181 Å². The van der Waals surface area contributed by atoms with Gasteiger partial charge in [0.15, 0.2) is 22.8 Å². The zero-order valence-corrected chi connectivity index (χ0v) is 70.0. The van der Waals surface area contributed by atoms with E-state index in [1.165, 1.54) is 60.7 Å². The van der Waals surface area contributed by atoms with Crippen LogP contribution < -0.4 is 28.4 Å². The number of fused-ring (bicyclic) bond motifs is 6. The Balaban J connectivity index is 0.000000231. The number of methoxy groups -OCH3 is 2. The molecule has 2 aromatic heterocycles. The van der Waals surface area contributed by atoms with E-state index >= 15 is 0 Å². The third-order valence-corrected chi connectivity index (χ3v) is 30.0. The van der Waals surface area contributed by atoms with Crippen LogP contribution in [0.1, 0.15) is 185 Å². The molecule has 648 valence electrons. The molecule has 4 aromatic rings. The number of Topliss-reactive ketones (excluding diaryl/α,β-unsaturated/α-hetero) is 2. The van der Waals surface area contributed by atoms with E-state index in [1.807, 2.05) is 26.0 Å². The normalized spacial score (nSPS) is 29.4. The van der Waals surface area contributed by atoms with Crippen LogP contribution in [0.3, 0.4) is 0 Å². The van der Waals surface area contributed by atoms with Crippen molar-refractivity contribution in [2.75, 3.05) is 40.7 Å². The highest BCUT2D eigenvalue weighted by molar-refractivity contribution is 7.92. The second kappa shape index (κ2) is 34.2. The zero-order valence-electron chi connectivity index (χ0n) is 68.4. The number of nitrogens with one attached hydrogen (secondary N) is 2. The summed E-state index contributed by atoms with van der Waals surface area (Å²) in [6.07, 6.45) is 9.83. The second-order valence-corrected chi connectivity index (χ2v) is 39.5. The number of nitrogens with zero attached hydrogens (tertiary/aromatic N) is 4. The van der Waals surface area contributed by atoms with E-state index in [2.05, 4.69) is 19.4 Å². The summed E-state index contributed by atoms with van der Waals surface area (Å²) in [6.45, 7) is 10.3. The van der Waals surface area contributed by atoms with Gasteiger partial charge >= 0.3 is 11.9 Å².